The van der Waals surface area contributed by atoms with Gasteiger partial charge in [-0.25, -0.2) is 4.98 Å². The summed E-state index contributed by atoms with van der Waals surface area (Å²) in [7, 11) is 1.81. The van der Waals surface area contributed by atoms with E-state index < -0.39 is 0 Å². The molecule has 6 heteroatoms. The maximum atomic E-state index is 12.6. The van der Waals surface area contributed by atoms with E-state index in [1.807, 2.05) is 50.4 Å². The highest BCUT2D eigenvalue weighted by Crippen LogP contribution is 2.27. The highest BCUT2D eigenvalue weighted by atomic mass is 32.2. The number of hydrogen-bond acceptors (Lipinski definition) is 5. The van der Waals surface area contributed by atoms with Crippen molar-refractivity contribution in [1.82, 2.24) is 9.88 Å². The zero-order chi connectivity index (χ0) is 17.1. The van der Waals surface area contributed by atoms with Crippen molar-refractivity contribution in [3.63, 3.8) is 0 Å². The van der Waals surface area contributed by atoms with Gasteiger partial charge in [0.05, 0.1) is 22.0 Å². The van der Waals surface area contributed by atoms with Gasteiger partial charge in [-0.3, -0.25) is 4.79 Å². The molecule has 124 valence electrons. The van der Waals surface area contributed by atoms with Gasteiger partial charge in [0, 0.05) is 11.9 Å². The molecule has 0 aliphatic heterocycles. The fourth-order valence-electron chi connectivity index (χ4n) is 2.36. The molecule has 0 saturated heterocycles. The van der Waals surface area contributed by atoms with Crippen molar-refractivity contribution in [2.45, 2.75) is 23.6 Å². The summed E-state index contributed by atoms with van der Waals surface area (Å²) in [6, 6.07) is 14.9. The Morgan fingerprint density at radius 1 is 1.25 bits per heavy atom. The molecule has 4 nitrogen and oxygen atoms in total. The molecule has 0 bridgehead atoms. The molecule has 0 saturated carbocycles. The van der Waals surface area contributed by atoms with Gasteiger partial charge in [0.15, 0.2) is 0 Å². The predicted octanol–water partition coefficient (Wildman–Crippen LogP) is 4.14. The van der Waals surface area contributed by atoms with Crippen molar-refractivity contribution in [3.05, 3.63) is 53.5 Å². The number of rotatable bonds is 5. The minimum atomic E-state index is -0.200. The van der Waals surface area contributed by atoms with Crippen molar-refractivity contribution in [1.29, 1.82) is 0 Å². The second-order valence-corrected chi connectivity index (χ2v) is 8.05. The van der Waals surface area contributed by atoms with Crippen molar-refractivity contribution >= 4 is 39.2 Å². The fraction of sp³-hybridized carbons (Fsp3) is 0.222. The van der Waals surface area contributed by atoms with Crippen LogP contribution in [0.15, 0.2) is 53.4 Å². The van der Waals surface area contributed by atoms with Crippen LogP contribution in [0.4, 0.5) is 0 Å². The van der Waals surface area contributed by atoms with Crippen molar-refractivity contribution in [2.24, 2.45) is 0 Å². The van der Waals surface area contributed by atoms with E-state index in [1.54, 1.807) is 28.4 Å². The quantitative estimate of drug-likeness (QED) is 0.697. The largest absolute Gasteiger partial charge is 0.508 e. The Morgan fingerprint density at radius 3 is 2.67 bits per heavy atom. The number of thioether (sulfide) groups is 1. The summed E-state index contributed by atoms with van der Waals surface area (Å²) >= 11 is 3.11. The third-order valence-electron chi connectivity index (χ3n) is 3.58. The normalized spacial score (nSPS) is 12.2. The number of carbonyl (C=O) groups excluding carboxylic acids is 1. The van der Waals surface area contributed by atoms with Crippen LogP contribution in [0.25, 0.3) is 10.2 Å². The van der Waals surface area contributed by atoms with E-state index in [1.165, 1.54) is 11.8 Å². The highest BCUT2D eigenvalue weighted by Gasteiger charge is 2.20. The molecule has 2 aromatic carbocycles. The Labute approximate surface area is 149 Å². The van der Waals surface area contributed by atoms with Gasteiger partial charge in [-0.2, -0.15) is 0 Å². The van der Waals surface area contributed by atoms with Gasteiger partial charge >= 0.3 is 0 Å². The van der Waals surface area contributed by atoms with Crippen LogP contribution in [-0.4, -0.2) is 33.2 Å². The number of amides is 1. The number of fused-ring (bicyclic) bond motifs is 1. The number of aromatic hydroxyl groups is 1. The molecule has 3 aromatic rings. The van der Waals surface area contributed by atoms with Crippen LogP contribution in [0.3, 0.4) is 0 Å². The monoisotopic (exact) mass is 358 g/mol. The summed E-state index contributed by atoms with van der Waals surface area (Å²) in [6.07, 6.45) is 0. The maximum absolute atomic E-state index is 12.6. The SMILES string of the molecule is C[C@H](Sc1ccc(O)cc1)C(=O)N(C)Cc1nc2ccccc2s1. The predicted molar refractivity (Wildman–Crippen MR) is 99.5 cm³/mol. The molecular formula is C18H18N2O2S2. The number of phenolic OH excluding ortho intramolecular Hbond substituents is 1. The van der Waals surface area contributed by atoms with Gasteiger partial charge in [-0.15, -0.1) is 23.1 Å². The molecular weight excluding hydrogens is 340 g/mol. The van der Waals surface area contributed by atoms with Crippen LogP contribution in [0.1, 0.15) is 11.9 Å². The average molecular weight is 358 g/mol. The van der Waals surface area contributed by atoms with Crippen LogP contribution in [0, 0.1) is 0 Å². The van der Waals surface area contributed by atoms with Crippen LogP contribution in [-0.2, 0) is 11.3 Å². The molecule has 0 radical (unpaired) electrons. The van der Waals surface area contributed by atoms with Crippen molar-refractivity contribution in [2.75, 3.05) is 7.05 Å². The van der Waals surface area contributed by atoms with E-state index in [2.05, 4.69) is 4.98 Å². The number of phenols is 1. The minimum Gasteiger partial charge on any atom is -0.508 e. The molecule has 1 aromatic heterocycles. The smallest absolute Gasteiger partial charge is 0.235 e. The molecule has 1 heterocycles. The van der Waals surface area contributed by atoms with Crippen molar-refractivity contribution < 1.29 is 9.90 Å². The second-order valence-electron chi connectivity index (χ2n) is 5.52. The van der Waals surface area contributed by atoms with E-state index in [-0.39, 0.29) is 16.9 Å². The highest BCUT2D eigenvalue weighted by molar-refractivity contribution is 8.00. The lowest BCUT2D eigenvalue weighted by molar-refractivity contribution is -0.129. The van der Waals surface area contributed by atoms with Gasteiger partial charge in [0.25, 0.3) is 0 Å². The lowest BCUT2D eigenvalue weighted by Crippen LogP contribution is -2.32. The molecule has 1 atom stereocenters. The van der Waals surface area contributed by atoms with Crippen molar-refractivity contribution in [3.8, 4) is 5.75 Å². The maximum Gasteiger partial charge on any atom is 0.235 e. The Hall–Kier alpha value is -2.05. The van der Waals surface area contributed by atoms with E-state index in [0.717, 1.165) is 20.1 Å². The van der Waals surface area contributed by atoms with Crippen LogP contribution in [0.5, 0.6) is 5.75 Å². The summed E-state index contributed by atoms with van der Waals surface area (Å²) < 4.78 is 1.14. The van der Waals surface area contributed by atoms with E-state index >= 15 is 0 Å². The summed E-state index contributed by atoms with van der Waals surface area (Å²) in [4.78, 5) is 19.8. The standard InChI is InChI=1S/C18H18N2O2S2/c1-12(23-14-9-7-13(21)8-10-14)18(22)20(2)11-17-19-15-5-3-4-6-16(15)24-17/h3-10,12,21H,11H2,1-2H3/t12-/m0/s1. The lowest BCUT2D eigenvalue weighted by atomic mass is 10.3. The van der Waals surface area contributed by atoms with E-state index in [0.29, 0.717) is 6.54 Å². The Bertz CT molecular complexity index is 813. The summed E-state index contributed by atoms with van der Waals surface area (Å²) in [5, 5.41) is 10.1. The number of nitrogens with zero attached hydrogens (tertiary/aromatic N) is 2. The molecule has 0 aliphatic rings. The second kappa shape index (κ2) is 7.23. The lowest BCUT2D eigenvalue weighted by Gasteiger charge is -2.20. The van der Waals surface area contributed by atoms with Gasteiger partial charge in [0.2, 0.25) is 5.91 Å². The fourth-order valence-corrected chi connectivity index (χ4v) is 4.36. The Morgan fingerprint density at radius 2 is 1.96 bits per heavy atom. The molecule has 0 unspecified atom stereocenters. The van der Waals surface area contributed by atoms with E-state index in [9.17, 15) is 9.90 Å². The minimum absolute atomic E-state index is 0.0623. The molecule has 0 fully saturated rings. The summed E-state index contributed by atoms with van der Waals surface area (Å²) in [6.45, 7) is 2.41. The van der Waals surface area contributed by atoms with Gasteiger partial charge in [-0.1, -0.05) is 12.1 Å². The van der Waals surface area contributed by atoms with Gasteiger partial charge in [-0.05, 0) is 43.3 Å². The average Bonchev–Trinajstić information content (AvgIpc) is 2.98. The zero-order valence-corrected chi connectivity index (χ0v) is 15.1. The number of hydrogen-bond donors (Lipinski definition) is 1. The molecule has 3 rings (SSSR count). The first-order chi connectivity index (χ1) is 11.5. The molecule has 1 N–H and O–H groups in total. The third kappa shape index (κ3) is 3.88. The zero-order valence-electron chi connectivity index (χ0n) is 13.5. The molecule has 0 aliphatic carbocycles. The summed E-state index contributed by atoms with van der Waals surface area (Å²) in [5.41, 5.74) is 0.977. The topological polar surface area (TPSA) is 53.4 Å². The molecule has 1 amide bonds. The summed E-state index contributed by atoms with van der Waals surface area (Å²) in [5.74, 6) is 0.290. The number of thiazole rings is 1. The number of aromatic nitrogens is 1. The van der Waals surface area contributed by atoms with Crippen LogP contribution in [0.2, 0.25) is 0 Å². The van der Waals surface area contributed by atoms with Gasteiger partial charge in [0.1, 0.15) is 10.8 Å². The number of benzene rings is 2. The third-order valence-corrected chi connectivity index (χ3v) is 5.70. The van der Waals surface area contributed by atoms with Crippen LogP contribution >= 0.6 is 23.1 Å². The number of carbonyl (C=O) groups is 1. The first-order valence-electron chi connectivity index (χ1n) is 7.58. The number of para-hydroxylation sites is 1. The first kappa shape index (κ1) is 16.8. The first-order valence-corrected chi connectivity index (χ1v) is 9.27. The molecule has 24 heavy (non-hydrogen) atoms. The Balaban J connectivity index is 1.63. The van der Waals surface area contributed by atoms with E-state index in [4.69, 9.17) is 0 Å². The Kier molecular flexibility index (Phi) is 5.06. The molecule has 0 spiro atoms. The van der Waals surface area contributed by atoms with Crippen LogP contribution < -0.4 is 0 Å². The van der Waals surface area contributed by atoms with Gasteiger partial charge < -0.3 is 10.0 Å².